The Labute approximate surface area is 183 Å². The van der Waals surface area contributed by atoms with Crippen molar-refractivity contribution in [1.29, 1.82) is 0 Å². The molecule has 3 aromatic heterocycles. The van der Waals surface area contributed by atoms with Crippen LogP contribution in [0, 0.1) is 0 Å². The Bertz CT molecular complexity index is 1240. The Kier molecular flexibility index (Phi) is 5.81. The molecular formula is C23H23N5O2S. The Morgan fingerprint density at radius 2 is 2.03 bits per heavy atom. The fraction of sp³-hybridized carbons (Fsp3) is 0.217. The van der Waals surface area contributed by atoms with Crippen LogP contribution in [-0.2, 0) is 6.42 Å². The lowest BCUT2D eigenvalue weighted by molar-refractivity contribution is 0.0954. The number of carbonyl (C=O) groups excluding carboxylic acids is 2. The van der Waals surface area contributed by atoms with E-state index in [9.17, 15) is 9.59 Å². The predicted octanol–water partition coefficient (Wildman–Crippen LogP) is 3.81. The largest absolute Gasteiger partial charge is 0.366 e. The van der Waals surface area contributed by atoms with Crippen molar-refractivity contribution in [3.05, 3.63) is 70.7 Å². The Balaban J connectivity index is 1.60. The second kappa shape index (κ2) is 8.69. The fourth-order valence-corrected chi connectivity index (χ4v) is 4.12. The van der Waals surface area contributed by atoms with Crippen LogP contribution in [-0.4, -0.2) is 33.1 Å². The maximum absolute atomic E-state index is 13.1. The molecule has 3 heterocycles. The lowest BCUT2D eigenvalue weighted by atomic mass is 10.1. The molecule has 3 N–H and O–H groups in total. The summed E-state index contributed by atoms with van der Waals surface area (Å²) in [7, 11) is 0. The topological polar surface area (TPSA) is 103 Å². The molecule has 0 radical (unpaired) electrons. The van der Waals surface area contributed by atoms with E-state index in [0.717, 1.165) is 21.5 Å². The molecule has 4 rings (SSSR count). The summed E-state index contributed by atoms with van der Waals surface area (Å²) in [5, 5.41) is 10.1. The predicted molar refractivity (Wildman–Crippen MR) is 122 cm³/mol. The van der Waals surface area contributed by atoms with E-state index in [1.165, 1.54) is 0 Å². The molecule has 0 atom stereocenters. The van der Waals surface area contributed by atoms with Crippen molar-refractivity contribution in [2.45, 2.75) is 26.3 Å². The van der Waals surface area contributed by atoms with Crippen molar-refractivity contribution in [3.63, 3.8) is 0 Å². The number of benzene rings is 1. The zero-order valence-electron chi connectivity index (χ0n) is 17.3. The van der Waals surface area contributed by atoms with Crippen molar-refractivity contribution >= 4 is 34.2 Å². The second-order valence-electron chi connectivity index (χ2n) is 7.52. The van der Waals surface area contributed by atoms with Crippen LogP contribution >= 0.6 is 11.3 Å². The molecule has 1 aromatic carbocycles. The van der Waals surface area contributed by atoms with Gasteiger partial charge in [0.2, 0.25) is 5.91 Å². The molecule has 2 amide bonds. The highest BCUT2D eigenvalue weighted by molar-refractivity contribution is 7.13. The number of amides is 2. The number of nitrogens with zero attached hydrogens (tertiary/aromatic N) is 3. The molecule has 0 bridgehead atoms. The molecule has 0 saturated heterocycles. The van der Waals surface area contributed by atoms with E-state index in [-0.39, 0.29) is 11.9 Å². The first-order chi connectivity index (χ1) is 14.9. The third kappa shape index (κ3) is 4.34. The van der Waals surface area contributed by atoms with Crippen LogP contribution in [0.1, 0.15) is 46.2 Å². The molecule has 8 heteroatoms. The summed E-state index contributed by atoms with van der Waals surface area (Å²) in [6.07, 6.45) is 2.29. The maximum Gasteiger partial charge on any atom is 0.252 e. The minimum absolute atomic E-state index is 0.122. The molecule has 158 valence electrons. The second-order valence-corrected chi connectivity index (χ2v) is 8.47. The van der Waals surface area contributed by atoms with Gasteiger partial charge in [0.15, 0.2) is 5.65 Å². The summed E-state index contributed by atoms with van der Waals surface area (Å²) >= 11 is 1.58. The Morgan fingerprint density at radius 3 is 2.74 bits per heavy atom. The highest BCUT2D eigenvalue weighted by Gasteiger charge is 2.18. The van der Waals surface area contributed by atoms with Crippen LogP contribution in [0.4, 0.5) is 0 Å². The number of hydrogen-bond acceptors (Lipinski definition) is 5. The first kappa shape index (κ1) is 20.7. The van der Waals surface area contributed by atoms with Crippen molar-refractivity contribution in [3.8, 4) is 10.6 Å². The van der Waals surface area contributed by atoms with E-state index in [1.807, 2.05) is 48.2 Å². The third-order valence-corrected chi connectivity index (χ3v) is 5.88. The van der Waals surface area contributed by atoms with Gasteiger partial charge in [0, 0.05) is 18.2 Å². The monoisotopic (exact) mass is 433 g/mol. The molecule has 0 unspecified atom stereocenters. The number of primary amides is 1. The SMILES string of the molecule is CC(C)n1ncc2c(C(=O)NCCc3cccc(C(N)=O)c3)cc(-c3cccs3)nc21. The average Bonchev–Trinajstić information content (AvgIpc) is 3.43. The highest BCUT2D eigenvalue weighted by Crippen LogP contribution is 2.28. The van der Waals surface area contributed by atoms with Gasteiger partial charge in [-0.1, -0.05) is 18.2 Å². The molecule has 4 aromatic rings. The Hall–Kier alpha value is -3.52. The number of carbonyl (C=O) groups is 2. The van der Waals surface area contributed by atoms with Crippen LogP contribution in [0.2, 0.25) is 0 Å². The summed E-state index contributed by atoms with van der Waals surface area (Å²) in [5.74, 6) is -0.645. The summed E-state index contributed by atoms with van der Waals surface area (Å²) in [4.78, 5) is 30.2. The number of rotatable bonds is 7. The van der Waals surface area contributed by atoms with Crippen molar-refractivity contribution < 1.29 is 9.59 Å². The molecule has 31 heavy (non-hydrogen) atoms. The fourth-order valence-electron chi connectivity index (χ4n) is 3.43. The van der Waals surface area contributed by atoms with E-state index in [0.29, 0.717) is 29.7 Å². The lowest BCUT2D eigenvalue weighted by Gasteiger charge is -2.11. The van der Waals surface area contributed by atoms with E-state index >= 15 is 0 Å². The smallest absolute Gasteiger partial charge is 0.252 e. The summed E-state index contributed by atoms with van der Waals surface area (Å²) in [6, 6.07) is 13.0. The Morgan fingerprint density at radius 1 is 1.19 bits per heavy atom. The zero-order valence-corrected chi connectivity index (χ0v) is 18.1. The molecule has 0 fully saturated rings. The van der Waals surface area contributed by atoms with Crippen LogP contribution < -0.4 is 11.1 Å². The first-order valence-electron chi connectivity index (χ1n) is 10.0. The van der Waals surface area contributed by atoms with Gasteiger partial charge in [-0.3, -0.25) is 9.59 Å². The van der Waals surface area contributed by atoms with E-state index in [2.05, 4.69) is 10.4 Å². The number of hydrogen-bond donors (Lipinski definition) is 2. The van der Waals surface area contributed by atoms with Crippen molar-refractivity contribution in [2.24, 2.45) is 5.73 Å². The summed E-state index contributed by atoms with van der Waals surface area (Å²) in [6.45, 7) is 4.50. The number of nitrogens with two attached hydrogens (primary N) is 1. The van der Waals surface area contributed by atoms with Gasteiger partial charge in [-0.15, -0.1) is 11.3 Å². The number of thiophene rings is 1. The van der Waals surface area contributed by atoms with Gasteiger partial charge in [-0.25, -0.2) is 9.67 Å². The van der Waals surface area contributed by atoms with Crippen LogP contribution in [0.25, 0.3) is 21.6 Å². The third-order valence-electron chi connectivity index (χ3n) is 4.98. The van der Waals surface area contributed by atoms with E-state index < -0.39 is 5.91 Å². The molecule has 0 aliphatic carbocycles. The lowest BCUT2D eigenvalue weighted by Crippen LogP contribution is -2.26. The van der Waals surface area contributed by atoms with Crippen LogP contribution in [0.15, 0.2) is 54.0 Å². The van der Waals surface area contributed by atoms with E-state index in [4.69, 9.17) is 10.7 Å². The van der Waals surface area contributed by atoms with Gasteiger partial charge in [0.25, 0.3) is 5.91 Å². The van der Waals surface area contributed by atoms with Gasteiger partial charge >= 0.3 is 0 Å². The quantitative estimate of drug-likeness (QED) is 0.462. The minimum atomic E-state index is -0.465. The number of nitrogens with one attached hydrogen (secondary N) is 1. The highest BCUT2D eigenvalue weighted by atomic mass is 32.1. The van der Waals surface area contributed by atoms with Crippen LogP contribution in [0.5, 0.6) is 0 Å². The number of pyridine rings is 1. The van der Waals surface area contributed by atoms with Crippen molar-refractivity contribution in [1.82, 2.24) is 20.1 Å². The van der Waals surface area contributed by atoms with Gasteiger partial charge in [0.1, 0.15) is 0 Å². The van der Waals surface area contributed by atoms with E-state index in [1.54, 1.807) is 35.7 Å². The average molecular weight is 434 g/mol. The summed E-state index contributed by atoms with van der Waals surface area (Å²) in [5.41, 5.74) is 8.73. The zero-order chi connectivity index (χ0) is 22.0. The van der Waals surface area contributed by atoms with Crippen LogP contribution in [0.3, 0.4) is 0 Å². The first-order valence-corrected chi connectivity index (χ1v) is 10.9. The normalized spacial score (nSPS) is 11.2. The minimum Gasteiger partial charge on any atom is -0.366 e. The molecule has 7 nitrogen and oxygen atoms in total. The molecule has 0 saturated carbocycles. The van der Waals surface area contributed by atoms with Gasteiger partial charge in [0.05, 0.1) is 27.7 Å². The molecular weight excluding hydrogens is 410 g/mol. The number of aromatic nitrogens is 3. The van der Waals surface area contributed by atoms with Gasteiger partial charge in [-0.2, -0.15) is 5.10 Å². The standard InChI is InChI=1S/C23H23N5O2S/c1-14(2)28-22-18(13-26-28)17(12-19(27-22)20-7-4-10-31-20)23(30)25-9-8-15-5-3-6-16(11-15)21(24)29/h3-7,10-14H,8-9H2,1-2H3,(H2,24,29)(H,25,30). The molecule has 0 aliphatic heterocycles. The number of fused-ring (bicyclic) bond motifs is 1. The van der Waals surface area contributed by atoms with Crippen molar-refractivity contribution in [2.75, 3.05) is 6.54 Å². The molecule has 0 spiro atoms. The van der Waals surface area contributed by atoms with Gasteiger partial charge in [-0.05, 0) is 55.5 Å². The molecule has 0 aliphatic rings. The maximum atomic E-state index is 13.1. The summed E-state index contributed by atoms with van der Waals surface area (Å²) < 4.78 is 1.83. The van der Waals surface area contributed by atoms with Gasteiger partial charge < -0.3 is 11.1 Å².